The smallest absolute Gasteiger partial charge is 0.268 e. The maximum Gasteiger partial charge on any atom is 0.268 e. The quantitative estimate of drug-likeness (QED) is 0.581. The van der Waals surface area contributed by atoms with Gasteiger partial charge >= 0.3 is 0 Å². The lowest BCUT2D eigenvalue weighted by Gasteiger charge is -2.26. The summed E-state index contributed by atoms with van der Waals surface area (Å²) in [6.07, 6.45) is 6.37. The zero-order valence-electron chi connectivity index (χ0n) is 16.4. The second-order valence-electron chi connectivity index (χ2n) is 7.09. The second kappa shape index (κ2) is 8.88. The van der Waals surface area contributed by atoms with E-state index in [4.69, 9.17) is 0 Å². The molecule has 1 heterocycles. The number of benzene rings is 3. The van der Waals surface area contributed by atoms with Crippen molar-refractivity contribution >= 4 is 29.8 Å². The first-order chi connectivity index (χ1) is 15.0. The summed E-state index contributed by atoms with van der Waals surface area (Å²) >= 11 is 1.42. The van der Waals surface area contributed by atoms with E-state index in [9.17, 15) is 18.7 Å². The van der Waals surface area contributed by atoms with Crippen molar-refractivity contribution in [1.29, 1.82) is 0 Å². The molecule has 3 nitrogen and oxygen atoms in total. The maximum atomic E-state index is 13.4. The zero-order valence-corrected chi connectivity index (χ0v) is 17.2. The van der Waals surface area contributed by atoms with Gasteiger partial charge in [0.15, 0.2) is 5.60 Å². The Labute approximate surface area is 183 Å². The van der Waals surface area contributed by atoms with Crippen LogP contribution < -0.4 is 0 Å². The van der Waals surface area contributed by atoms with Gasteiger partial charge < -0.3 is 5.11 Å². The summed E-state index contributed by atoms with van der Waals surface area (Å²) in [5.74, 6) is -1.01. The molecule has 1 atom stereocenters. The van der Waals surface area contributed by atoms with Crippen LogP contribution in [-0.4, -0.2) is 21.7 Å². The summed E-state index contributed by atoms with van der Waals surface area (Å²) < 4.78 is 26.4. The molecule has 1 aliphatic heterocycles. The molecule has 31 heavy (non-hydrogen) atoms. The Morgan fingerprint density at radius 3 is 1.94 bits per heavy atom. The number of nitrogens with zero attached hydrogens (tertiary/aromatic N) is 1. The summed E-state index contributed by atoms with van der Waals surface area (Å²) in [5, 5.41) is 11.3. The Morgan fingerprint density at radius 1 is 0.871 bits per heavy atom. The van der Waals surface area contributed by atoms with Crippen LogP contribution in [0.5, 0.6) is 0 Å². The van der Waals surface area contributed by atoms with Crippen molar-refractivity contribution < 1.29 is 18.7 Å². The van der Waals surface area contributed by atoms with Gasteiger partial charge in [-0.15, -0.1) is 11.8 Å². The number of carbonyl (C=O) groups excluding carboxylic acids is 1. The monoisotopic (exact) mass is 435 g/mol. The number of rotatable bonds is 5. The molecule has 6 heteroatoms. The molecular weight excluding hydrogens is 416 g/mol. The van der Waals surface area contributed by atoms with Crippen LogP contribution in [0.25, 0.3) is 12.2 Å². The predicted octanol–water partition coefficient (Wildman–Crippen LogP) is 5.43. The minimum Gasteiger partial charge on any atom is -0.375 e. The third kappa shape index (κ3) is 4.60. The van der Waals surface area contributed by atoms with Gasteiger partial charge in [0.25, 0.3) is 5.91 Å². The van der Waals surface area contributed by atoms with Gasteiger partial charge in [-0.1, -0.05) is 42.5 Å². The highest BCUT2D eigenvalue weighted by Gasteiger charge is 2.45. The molecule has 0 spiro atoms. The van der Waals surface area contributed by atoms with Gasteiger partial charge in [0.1, 0.15) is 11.6 Å². The average molecular weight is 435 g/mol. The molecule has 156 valence electrons. The Morgan fingerprint density at radius 2 is 1.39 bits per heavy atom. The number of aliphatic hydroxyl groups is 1. The van der Waals surface area contributed by atoms with E-state index >= 15 is 0 Å². The standard InChI is InChI=1S/C25H19F2NO2S/c26-20-9-5-18(6-10-20)13-15-28(16-14-19-7-11-21(27)12-8-19)24(29)25(30)17-31-23-4-2-1-3-22(23)25/h1-16,30H,17H2. The third-order valence-electron chi connectivity index (χ3n) is 4.95. The topological polar surface area (TPSA) is 40.5 Å². The van der Waals surface area contributed by atoms with E-state index < -0.39 is 11.5 Å². The van der Waals surface area contributed by atoms with E-state index in [1.807, 2.05) is 12.1 Å². The molecule has 0 radical (unpaired) electrons. The minimum atomic E-state index is -1.68. The van der Waals surface area contributed by atoms with Gasteiger partial charge in [-0.25, -0.2) is 8.78 Å². The lowest BCUT2D eigenvalue weighted by Crippen LogP contribution is -2.43. The van der Waals surface area contributed by atoms with Crippen molar-refractivity contribution in [1.82, 2.24) is 4.90 Å². The predicted molar refractivity (Wildman–Crippen MR) is 119 cm³/mol. The number of carbonyl (C=O) groups is 1. The molecule has 1 aliphatic rings. The van der Waals surface area contributed by atoms with Crippen molar-refractivity contribution in [3.05, 3.63) is 114 Å². The average Bonchev–Trinajstić information content (AvgIpc) is 3.14. The number of amides is 1. The number of hydrogen-bond donors (Lipinski definition) is 1. The first-order valence-electron chi connectivity index (χ1n) is 9.61. The molecule has 3 aromatic rings. The first kappa shape index (κ1) is 21.0. The number of hydrogen-bond acceptors (Lipinski definition) is 3. The van der Waals surface area contributed by atoms with Gasteiger partial charge in [-0.3, -0.25) is 9.69 Å². The van der Waals surface area contributed by atoms with Crippen LogP contribution in [0.4, 0.5) is 8.78 Å². The van der Waals surface area contributed by atoms with E-state index in [0.717, 1.165) is 4.90 Å². The molecule has 0 saturated heterocycles. The van der Waals surface area contributed by atoms with Crippen molar-refractivity contribution in [3.63, 3.8) is 0 Å². The van der Waals surface area contributed by atoms with Crippen LogP contribution in [0.2, 0.25) is 0 Å². The van der Waals surface area contributed by atoms with E-state index in [1.165, 1.54) is 53.3 Å². The Hall–Kier alpha value is -3.22. The van der Waals surface area contributed by atoms with Crippen LogP contribution in [0.3, 0.4) is 0 Å². The first-order valence-corrected chi connectivity index (χ1v) is 10.6. The molecule has 1 unspecified atom stereocenters. The number of fused-ring (bicyclic) bond motifs is 1. The molecule has 3 aromatic carbocycles. The molecule has 0 fully saturated rings. The van der Waals surface area contributed by atoms with Crippen LogP contribution in [0, 0.1) is 11.6 Å². The number of halogens is 2. The lowest BCUT2D eigenvalue weighted by atomic mass is 9.94. The summed E-state index contributed by atoms with van der Waals surface area (Å²) in [4.78, 5) is 15.6. The van der Waals surface area contributed by atoms with E-state index in [0.29, 0.717) is 16.7 Å². The molecule has 1 N–H and O–H groups in total. The minimum absolute atomic E-state index is 0.205. The van der Waals surface area contributed by atoms with Crippen molar-refractivity contribution in [3.8, 4) is 0 Å². The van der Waals surface area contributed by atoms with Gasteiger partial charge in [-0.05, 0) is 53.6 Å². The highest BCUT2D eigenvalue weighted by atomic mass is 32.2. The summed E-state index contributed by atoms with van der Waals surface area (Å²) in [5.41, 5.74) is 0.284. The SMILES string of the molecule is O=C(N(C=Cc1ccc(F)cc1)C=Cc1ccc(F)cc1)C1(O)CSc2ccccc21. The number of thioether (sulfide) groups is 1. The lowest BCUT2D eigenvalue weighted by molar-refractivity contribution is -0.144. The molecular formula is C25H19F2NO2S. The molecule has 0 saturated carbocycles. The fraction of sp³-hybridized carbons (Fsp3) is 0.0800. The van der Waals surface area contributed by atoms with Gasteiger partial charge in [0, 0.05) is 28.6 Å². The highest BCUT2D eigenvalue weighted by molar-refractivity contribution is 7.99. The van der Waals surface area contributed by atoms with Crippen LogP contribution in [0.15, 0.2) is 90.1 Å². The van der Waals surface area contributed by atoms with E-state index in [-0.39, 0.29) is 17.4 Å². The summed E-state index contributed by atoms with van der Waals surface area (Å²) in [6.45, 7) is 0. The Bertz CT molecular complexity index is 1090. The van der Waals surface area contributed by atoms with Gasteiger partial charge in [0.05, 0.1) is 0 Å². The fourth-order valence-corrected chi connectivity index (χ4v) is 4.46. The van der Waals surface area contributed by atoms with Gasteiger partial charge in [-0.2, -0.15) is 0 Å². The third-order valence-corrected chi connectivity index (χ3v) is 6.18. The maximum absolute atomic E-state index is 13.4. The van der Waals surface area contributed by atoms with Crippen molar-refractivity contribution in [2.45, 2.75) is 10.5 Å². The van der Waals surface area contributed by atoms with E-state index in [1.54, 1.807) is 48.6 Å². The van der Waals surface area contributed by atoms with E-state index in [2.05, 4.69) is 0 Å². The van der Waals surface area contributed by atoms with Crippen molar-refractivity contribution in [2.75, 3.05) is 5.75 Å². The van der Waals surface area contributed by atoms with Crippen LogP contribution >= 0.6 is 11.8 Å². The highest BCUT2D eigenvalue weighted by Crippen LogP contribution is 2.43. The largest absolute Gasteiger partial charge is 0.375 e. The fourth-order valence-electron chi connectivity index (χ4n) is 3.25. The summed E-state index contributed by atoms with van der Waals surface area (Å²) in [7, 11) is 0. The molecule has 0 bridgehead atoms. The normalized spacial score (nSPS) is 17.9. The van der Waals surface area contributed by atoms with Gasteiger partial charge in [0.2, 0.25) is 0 Å². The molecule has 0 aromatic heterocycles. The molecule has 4 rings (SSSR count). The summed E-state index contributed by atoms with van der Waals surface area (Å²) in [6, 6.07) is 19.0. The molecule has 0 aliphatic carbocycles. The Balaban J connectivity index is 1.66. The Kier molecular flexibility index (Phi) is 6.02. The molecule has 1 amide bonds. The van der Waals surface area contributed by atoms with Crippen LogP contribution in [0.1, 0.15) is 16.7 Å². The second-order valence-corrected chi connectivity index (χ2v) is 8.11. The van der Waals surface area contributed by atoms with Crippen molar-refractivity contribution in [2.24, 2.45) is 0 Å². The van der Waals surface area contributed by atoms with Crippen LogP contribution in [-0.2, 0) is 10.4 Å². The zero-order chi connectivity index (χ0) is 21.8.